The van der Waals surface area contributed by atoms with E-state index in [1.165, 1.54) is 0 Å². The average molecular weight is 176 g/mol. The normalized spacial score (nSPS) is 21.1. The van der Waals surface area contributed by atoms with E-state index in [4.69, 9.17) is 9.47 Å². The molecule has 3 heteroatoms. The first-order valence-electron chi connectivity index (χ1n) is 3.89. The van der Waals surface area contributed by atoms with Crippen molar-refractivity contribution in [1.82, 2.24) is 0 Å². The van der Waals surface area contributed by atoms with Crippen molar-refractivity contribution >= 4 is 5.97 Å². The third-order valence-electron chi connectivity index (χ3n) is 1.76. The molecule has 1 atom stereocenters. The van der Waals surface area contributed by atoms with Gasteiger partial charge >= 0.3 is 5.97 Å². The minimum Gasteiger partial charge on any atom is -0.443 e. The SMILES string of the molecule is C=C1OC(c2ccccc2)OC1=O. The minimum absolute atomic E-state index is 0.0638. The molecule has 1 unspecified atom stereocenters. The molecule has 0 amide bonds. The van der Waals surface area contributed by atoms with E-state index < -0.39 is 12.3 Å². The first-order chi connectivity index (χ1) is 6.27. The van der Waals surface area contributed by atoms with Crippen LogP contribution in [0.3, 0.4) is 0 Å². The van der Waals surface area contributed by atoms with Crippen LogP contribution in [0.1, 0.15) is 11.9 Å². The van der Waals surface area contributed by atoms with Gasteiger partial charge in [0.1, 0.15) is 0 Å². The highest BCUT2D eigenvalue weighted by Crippen LogP contribution is 2.28. The zero-order chi connectivity index (χ0) is 9.26. The summed E-state index contributed by atoms with van der Waals surface area (Å²) in [6.07, 6.45) is -0.624. The van der Waals surface area contributed by atoms with Crippen LogP contribution < -0.4 is 0 Å². The average Bonchev–Trinajstić information content (AvgIpc) is 2.49. The summed E-state index contributed by atoms with van der Waals surface area (Å²) in [6, 6.07) is 9.25. The van der Waals surface area contributed by atoms with Gasteiger partial charge in [0.2, 0.25) is 5.76 Å². The van der Waals surface area contributed by atoms with Crippen LogP contribution in [0.25, 0.3) is 0 Å². The summed E-state index contributed by atoms with van der Waals surface area (Å²) in [5.74, 6) is -0.428. The molecule has 2 rings (SSSR count). The van der Waals surface area contributed by atoms with Gasteiger partial charge in [-0.05, 0) is 6.58 Å². The molecule has 0 radical (unpaired) electrons. The molecule has 66 valence electrons. The molecule has 3 nitrogen and oxygen atoms in total. The molecule has 0 saturated carbocycles. The number of esters is 1. The summed E-state index contributed by atoms with van der Waals surface area (Å²) in [5.41, 5.74) is 0.814. The molecular formula is C10H8O3. The number of ether oxygens (including phenoxy) is 2. The molecule has 0 N–H and O–H groups in total. The monoisotopic (exact) mass is 176 g/mol. The van der Waals surface area contributed by atoms with Crippen molar-refractivity contribution in [1.29, 1.82) is 0 Å². The van der Waals surface area contributed by atoms with Crippen molar-refractivity contribution in [2.75, 3.05) is 0 Å². The second-order valence-corrected chi connectivity index (χ2v) is 2.69. The molecule has 1 aromatic rings. The third-order valence-corrected chi connectivity index (χ3v) is 1.76. The number of hydrogen-bond donors (Lipinski definition) is 0. The summed E-state index contributed by atoms with van der Waals surface area (Å²) in [5, 5.41) is 0. The van der Waals surface area contributed by atoms with Gasteiger partial charge in [0.15, 0.2) is 0 Å². The van der Waals surface area contributed by atoms with Gasteiger partial charge in [-0.1, -0.05) is 30.3 Å². The van der Waals surface area contributed by atoms with Crippen molar-refractivity contribution < 1.29 is 14.3 Å². The Bertz CT molecular complexity index is 326. The van der Waals surface area contributed by atoms with Crippen LogP contribution in [0.4, 0.5) is 0 Å². The molecule has 1 aliphatic heterocycles. The van der Waals surface area contributed by atoms with E-state index in [1.54, 1.807) is 0 Å². The Kier molecular flexibility index (Phi) is 1.77. The van der Waals surface area contributed by atoms with E-state index in [0.717, 1.165) is 5.56 Å². The van der Waals surface area contributed by atoms with E-state index in [1.807, 2.05) is 30.3 Å². The van der Waals surface area contributed by atoms with Crippen molar-refractivity contribution in [3.63, 3.8) is 0 Å². The van der Waals surface area contributed by atoms with Gasteiger partial charge in [-0.25, -0.2) is 4.79 Å². The Morgan fingerprint density at radius 2 is 1.85 bits per heavy atom. The lowest BCUT2D eigenvalue weighted by Gasteiger charge is -2.07. The highest BCUT2D eigenvalue weighted by atomic mass is 16.7. The summed E-state index contributed by atoms with van der Waals surface area (Å²) in [6.45, 7) is 3.41. The lowest BCUT2D eigenvalue weighted by atomic mass is 10.2. The van der Waals surface area contributed by atoms with Gasteiger partial charge in [-0.3, -0.25) is 0 Å². The standard InChI is InChI=1S/C10H8O3/c1-7-9(11)13-10(12-7)8-5-3-2-4-6-8/h2-6,10H,1H2. The number of benzene rings is 1. The summed E-state index contributed by atoms with van der Waals surface area (Å²) in [4.78, 5) is 10.9. The number of hydrogen-bond acceptors (Lipinski definition) is 3. The van der Waals surface area contributed by atoms with Gasteiger partial charge < -0.3 is 9.47 Å². The molecule has 0 aliphatic carbocycles. The van der Waals surface area contributed by atoms with Gasteiger partial charge in [0.05, 0.1) is 0 Å². The van der Waals surface area contributed by atoms with Crippen LogP contribution in [0, 0.1) is 0 Å². The molecule has 1 aromatic carbocycles. The Morgan fingerprint density at radius 1 is 1.15 bits per heavy atom. The first kappa shape index (κ1) is 7.86. The highest BCUT2D eigenvalue weighted by molar-refractivity contribution is 5.87. The van der Waals surface area contributed by atoms with E-state index in [0.29, 0.717) is 0 Å². The van der Waals surface area contributed by atoms with Gasteiger partial charge in [-0.2, -0.15) is 0 Å². The van der Waals surface area contributed by atoms with Crippen LogP contribution in [-0.4, -0.2) is 5.97 Å². The summed E-state index contributed by atoms with van der Waals surface area (Å²) < 4.78 is 9.99. The summed E-state index contributed by atoms with van der Waals surface area (Å²) in [7, 11) is 0. The fourth-order valence-corrected chi connectivity index (χ4v) is 1.11. The molecule has 0 spiro atoms. The van der Waals surface area contributed by atoms with Crippen LogP contribution in [0.15, 0.2) is 42.7 Å². The van der Waals surface area contributed by atoms with Crippen LogP contribution >= 0.6 is 0 Å². The summed E-state index contributed by atoms with van der Waals surface area (Å²) >= 11 is 0. The number of carbonyl (C=O) groups is 1. The molecule has 1 saturated heterocycles. The van der Waals surface area contributed by atoms with Crippen molar-refractivity contribution in [3.05, 3.63) is 48.2 Å². The smallest absolute Gasteiger partial charge is 0.376 e. The number of cyclic esters (lactones) is 1. The predicted molar refractivity (Wildman–Crippen MR) is 45.5 cm³/mol. The second kappa shape index (κ2) is 2.94. The lowest BCUT2D eigenvalue weighted by molar-refractivity contribution is -0.143. The maximum atomic E-state index is 10.9. The predicted octanol–water partition coefficient (Wildman–Crippen LogP) is 1.77. The van der Waals surface area contributed by atoms with Crippen LogP contribution in [0.2, 0.25) is 0 Å². The molecule has 0 bridgehead atoms. The maximum absolute atomic E-state index is 10.9. The fourth-order valence-electron chi connectivity index (χ4n) is 1.11. The topological polar surface area (TPSA) is 35.5 Å². The van der Waals surface area contributed by atoms with E-state index in [9.17, 15) is 4.79 Å². The Balaban J connectivity index is 2.21. The molecule has 1 fully saturated rings. The fraction of sp³-hybridized carbons (Fsp3) is 0.100. The van der Waals surface area contributed by atoms with Gasteiger partial charge in [0.25, 0.3) is 6.29 Å². The maximum Gasteiger partial charge on any atom is 0.376 e. The molecule has 0 aromatic heterocycles. The van der Waals surface area contributed by atoms with E-state index >= 15 is 0 Å². The zero-order valence-corrected chi connectivity index (χ0v) is 6.90. The Morgan fingerprint density at radius 3 is 2.38 bits per heavy atom. The third kappa shape index (κ3) is 1.40. The van der Waals surface area contributed by atoms with Crippen LogP contribution in [0.5, 0.6) is 0 Å². The van der Waals surface area contributed by atoms with Crippen molar-refractivity contribution in [2.45, 2.75) is 6.29 Å². The van der Waals surface area contributed by atoms with Crippen LogP contribution in [-0.2, 0) is 14.3 Å². The molecule has 1 heterocycles. The quantitative estimate of drug-likeness (QED) is 0.483. The number of rotatable bonds is 1. The van der Waals surface area contributed by atoms with Crippen molar-refractivity contribution in [3.8, 4) is 0 Å². The first-order valence-corrected chi connectivity index (χ1v) is 3.89. The number of carbonyl (C=O) groups excluding carboxylic acids is 1. The largest absolute Gasteiger partial charge is 0.443 e. The van der Waals surface area contributed by atoms with Gasteiger partial charge in [0, 0.05) is 5.56 Å². The Labute approximate surface area is 75.6 Å². The molecule has 13 heavy (non-hydrogen) atoms. The highest BCUT2D eigenvalue weighted by Gasteiger charge is 2.29. The minimum atomic E-state index is -0.624. The lowest BCUT2D eigenvalue weighted by Crippen LogP contribution is -1.98. The second-order valence-electron chi connectivity index (χ2n) is 2.69. The Hall–Kier alpha value is -1.77. The van der Waals surface area contributed by atoms with Gasteiger partial charge in [-0.15, -0.1) is 0 Å². The van der Waals surface area contributed by atoms with E-state index in [2.05, 4.69) is 6.58 Å². The zero-order valence-electron chi connectivity index (χ0n) is 6.90. The molecule has 1 aliphatic rings. The molecular weight excluding hydrogens is 168 g/mol. The van der Waals surface area contributed by atoms with E-state index in [-0.39, 0.29) is 5.76 Å². The van der Waals surface area contributed by atoms with Crippen molar-refractivity contribution in [2.24, 2.45) is 0 Å².